The molecule has 0 saturated heterocycles. The molecule has 0 atom stereocenters. The van der Waals surface area contributed by atoms with E-state index < -0.39 is 0 Å². The number of rotatable bonds is 8. The molecule has 0 saturated carbocycles. The van der Waals surface area contributed by atoms with Gasteiger partial charge in [0.1, 0.15) is 0 Å². The number of nitrogen functional groups attached to an aromatic ring is 1. The molecule has 1 aromatic carbocycles. The molecule has 0 aliphatic carbocycles. The summed E-state index contributed by atoms with van der Waals surface area (Å²) in [6.45, 7) is 7.02. The molecule has 0 fully saturated rings. The van der Waals surface area contributed by atoms with Crippen LogP contribution in [0, 0.1) is 0 Å². The van der Waals surface area contributed by atoms with Crippen LogP contribution in [-0.4, -0.2) is 31.2 Å². The minimum atomic E-state index is 0.576. The van der Waals surface area contributed by atoms with Crippen LogP contribution in [0.2, 0.25) is 5.02 Å². The second kappa shape index (κ2) is 8.41. The highest BCUT2D eigenvalue weighted by Crippen LogP contribution is 2.21. The van der Waals surface area contributed by atoms with E-state index in [1.54, 1.807) is 7.11 Å². The molecule has 19 heavy (non-hydrogen) atoms. The van der Waals surface area contributed by atoms with Crippen LogP contribution in [0.25, 0.3) is 0 Å². The first-order valence-electron chi connectivity index (χ1n) is 6.89. The van der Waals surface area contributed by atoms with Crippen molar-refractivity contribution in [1.29, 1.82) is 0 Å². The second-order valence-corrected chi connectivity index (χ2v) is 5.20. The maximum atomic E-state index is 5.96. The van der Waals surface area contributed by atoms with Gasteiger partial charge in [0.25, 0.3) is 0 Å². The van der Waals surface area contributed by atoms with E-state index in [4.69, 9.17) is 22.1 Å². The molecule has 0 heterocycles. The molecule has 4 heteroatoms. The number of nitrogens with two attached hydrogens (primary N) is 1. The Balaban J connectivity index is 2.77. The maximum absolute atomic E-state index is 5.96. The topological polar surface area (TPSA) is 38.5 Å². The van der Waals surface area contributed by atoms with Crippen molar-refractivity contribution in [2.24, 2.45) is 0 Å². The summed E-state index contributed by atoms with van der Waals surface area (Å²) >= 11 is 5.96. The van der Waals surface area contributed by atoms with Gasteiger partial charge in [-0.1, -0.05) is 31.5 Å². The lowest BCUT2D eigenvalue weighted by molar-refractivity contribution is 0.110. The Morgan fingerprint density at radius 3 is 2.53 bits per heavy atom. The van der Waals surface area contributed by atoms with E-state index in [1.807, 2.05) is 18.2 Å². The third kappa shape index (κ3) is 5.01. The summed E-state index contributed by atoms with van der Waals surface area (Å²) in [7, 11) is 1.74. The lowest BCUT2D eigenvalue weighted by Crippen LogP contribution is -2.36. The van der Waals surface area contributed by atoms with Crippen molar-refractivity contribution in [3.05, 3.63) is 28.8 Å². The van der Waals surface area contributed by atoms with Crippen molar-refractivity contribution in [3.8, 4) is 0 Å². The lowest BCUT2D eigenvalue weighted by atomic mass is 10.1. The summed E-state index contributed by atoms with van der Waals surface area (Å²) < 4.78 is 5.20. The van der Waals surface area contributed by atoms with Gasteiger partial charge in [-0.25, -0.2) is 0 Å². The van der Waals surface area contributed by atoms with Crippen LogP contribution in [0.15, 0.2) is 18.2 Å². The van der Waals surface area contributed by atoms with Crippen LogP contribution in [0.4, 0.5) is 5.69 Å². The Morgan fingerprint density at radius 2 is 2.00 bits per heavy atom. The van der Waals surface area contributed by atoms with Crippen LogP contribution in [-0.2, 0) is 11.3 Å². The number of hydrogen-bond acceptors (Lipinski definition) is 3. The molecule has 108 valence electrons. The highest BCUT2D eigenvalue weighted by molar-refractivity contribution is 6.33. The van der Waals surface area contributed by atoms with E-state index in [2.05, 4.69) is 18.7 Å². The van der Waals surface area contributed by atoms with Crippen LogP contribution in [0.5, 0.6) is 0 Å². The minimum absolute atomic E-state index is 0.576. The van der Waals surface area contributed by atoms with Crippen LogP contribution >= 0.6 is 11.6 Å². The van der Waals surface area contributed by atoms with E-state index in [9.17, 15) is 0 Å². The van der Waals surface area contributed by atoms with Gasteiger partial charge in [0, 0.05) is 26.2 Å². The van der Waals surface area contributed by atoms with Gasteiger partial charge in [-0.05, 0) is 30.5 Å². The van der Waals surface area contributed by atoms with Gasteiger partial charge in [0.2, 0.25) is 0 Å². The monoisotopic (exact) mass is 284 g/mol. The number of methoxy groups -OCH3 is 1. The van der Waals surface area contributed by atoms with Gasteiger partial charge in [-0.3, -0.25) is 4.90 Å². The van der Waals surface area contributed by atoms with Gasteiger partial charge in [-0.2, -0.15) is 0 Å². The molecule has 0 aliphatic heterocycles. The zero-order valence-corrected chi connectivity index (χ0v) is 12.9. The van der Waals surface area contributed by atoms with Crippen LogP contribution < -0.4 is 5.73 Å². The highest BCUT2D eigenvalue weighted by atomic mass is 35.5. The third-order valence-electron chi connectivity index (χ3n) is 3.49. The summed E-state index contributed by atoms with van der Waals surface area (Å²) in [5.74, 6) is 0. The van der Waals surface area contributed by atoms with Gasteiger partial charge in [0.05, 0.1) is 17.3 Å². The largest absolute Gasteiger partial charge is 0.398 e. The Morgan fingerprint density at radius 1 is 1.32 bits per heavy atom. The minimum Gasteiger partial charge on any atom is -0.398 e. The number of anilines is 1. The molecule has 0 amide bonds. The molecule has 1 aromatic rings. The molecule has 0 bridgehead atoms. The fourth-order valence-corrected chi connectivity index (χ4v) is 2.45. The van der Waals surface area contributed by atoms with Gasteiger partial charge >= 0.3 is 0 Å². The van der Waals surface area contributed by atoms with Crippen molar-refractivity contribution in [3.63, 3.8) is 0 Å². The zero-order chi connectivity index (χ0) is 14.3. The summed E-state index contributed by atoms with van der Waals surface area (Å²) in [6, 6.07) is 6.45. The Kier molecular flexibility index (Phi) is 7.21. The van der Waals surface area contributed by atoms with E-state index in [1.165, 1.54) is 5.56 Å². The Labute approximate surface area is 121 Å². The number of nitrogens with zero attached hydrogens (tertiary/aromatic N) is 1. The maximum Gasteiger partial charge on any atom is 0.0635 e. The quantitative estimate of drug-likeness (QED) is 0.742. The predicted molar refractivity (Wildman–Crippen MR) is 82.5 cm³/mol. The highest BCUT2D eigenvalue weighted by Gasteiger charge is 2.15. The summed E-state index contributed by atoms with van der Waals surface area (Å²) in [6.07, 6.45) is 2.28. The van der Waals surface area contributed by atoms with Gasteiger partial charge < -0.3 is 10.5 Å². The van der Waals surface area contributed by atoms with Crippen molar-refractivity contribution in [1.82, 2.24) is 4.90 Å². The molecule has 2 N–H and O–H groups in total. The Hall–Kier alpha value is -0.770. The number of ether oxygens (including phenoxy) is 1. The van der Waals surface area contributed by atoms with Gasteiger partial charge in [0.15, 0.2) is 0 Å². The summed E-state index contributed by atoms with van der Waals surface area (Å²) in [5, 5.41) is 0.620. The predicted octanol–water partition coefficient (Wildman–Crippen LogP) is 3.56. The fourth-order valence-electron chi connectivity index (χ4n) is 2.33. The number of benzene rings is 1. The number of halogens is 1. The zero-order valence-electron chi connectivity index (χ0n) is 12.2. The molecule has 0 unspecified atom stereocenters. The first kappa shape index (κ1) is 16.3. The van der Waals surface area contributed by atoms with E-state index in [0.717, 1.165) is 32.5 Å². The van der Waals surface area contributed by atoms with Gasteiger partial charge in [-0.15, -0.1) is 0 Å². The van der Waals surface area contributed by atoms with Crippen molar-refractivity contribution in [2.75, 3.05) is 26.0 Å². The normalized spacial score (nSPS) is 11.5. The lowest BCUT2D eigenvalue weighted by Gasteiger charge is -2.30. The number of hydrogen-bond donors (Lipinski definition) is 1. The third-order valence-corrected chi connectivity index (χ3v) is 3.83. The van der Waals surface area contributed by atoms with E-state index in [-0.39, 0.29) is 0 Å². The molecule has 0 radical (unpaired) electrons. The van der Waals surface area contributed by atoms with Crippen molar-refractivity contribution < 1.29 is 4.74 Å². The fraction of sp³-hybridized carbons (Fsp3) is 0.600. The molecule has 3 nitrogen and oxygen atoms in total. The molecule has 0 spiro atoms. The van der Waals surface area contributed by atoms with E-state index >= 15 is 0 Å². The molecular weight excluding hydrogens is 260 g/mol. The Bertz CT molecular complexity index is 380. The second-order valence-electron chi connectivity index (χ2n) is 4.79. The smallest absolute Gasteiger partial charge is 0.0635 e. The van der Waals surface area contributed by atoms with Crippen molar-refractivity contribution in [2.45, 2.75) is 39.3 Å². The first-order chi connectivity index (χ1) is 9.12. The standard InChI is InChI=1S/C15H25ClN2O/c1-4-13(5-2)18(8-9-19-3)11-12-6-7-14(16)15(17)10-12/h6-7,10,13H,4-5,8-9,11,17H2,1-3H3. The summed E-state index contributed by atoms with van der Waals surface area (Å²) in [4.78, 5) is 2.45. The van der Waals surface area contributed by atoms with Crippen LogP contribution in [0.3, 0.4) is 0 Å². The average molecular weight is 285 g/mol. The molecular formula is C15H25ClN2O. The van der Waals surface area contributed by atoms with Crippen molar-refractivity contribution >= 4 is 17.3 Å². The molecule has 0 aliphatic rings. The average Bonchev–Trinajstić information content (AvgIpc) is 2.41. The van der Waals surface area contributed by atoms with Crippen LogP contribution in [0.1, 0.15) is 32.3 Å². The first-order valence-corrected chi connectivity index (χ1v) is 7.27. The summed E-state index contributed by atoms with van der Waals surface area (Å²) in [5.41, 5.74) is 7.71. The molecule has 1 rings (SSSR count). The molecule has 0 aromatic heterocycles. The SMILES string of the molecule is CCC(CC)N(CCOC)Cc1ccc(Cl)c(N)c1. The van der Waals surface area contributed by atoms with E-state index in [0.29, 0.717) is 16.8 Å².